The number of thiophene rings is 1. The summed E-state index contributed by atoms with van der Waals surface area (Å²) in [5.74, 6) is 0.488. The number of nitrogens with one attached hydrogen (secondary N) is 1. The number of benzene rings is 1. The smallest absolute Gasteiger partial charge is 0.266 e. The lowest BCUT2D eigenvalue weighted by atomic mass is 10.1. The second kappa shape index (κ2) is 9.25. The number of sulfonamides is 1. The molecule has 2 aromatic heterocycles. The van der Waals surface area contributed by atoms with Crippen molar-refractivity contribution in [3.8, 4) is 0 Å². The number of nitrogens with zero attached hydrogens (tertiary/aromatic N) is 3. The lowest BCUT2D eigenvalue weighted by molar-refractivity contribution is 0.103. The zero-order valence-corrected chi connectivity index (χ0v) is 20.3. The van der Waals surface area contributed by atoms with Crippen LogP contribution in [0.25, 0.3) is 10.2 Å². The molecule has 0 bridgehead atoms. The SMILES string of the molecule is CCc1nc(C)c2c(C)c(C(=O)Nc3cccc(S(=O)(=O)N4CCCCCC4)c3)sc2n1. The summed E-state index contributed by atoms with van der Waals surface area (Å²) in [5.41, 5.74) is 2.17. The molecule has 1 N–H and O–H groups in total. The molecule has 170 valence electrons. The van der Waals surface area contributed by atoms with Crippen LogP contribution in [0.2, 0.25) is 0 Å². The predicted molar refractivity (Wildman–Crippen MR) is 128 cm³/mol. The van der Waals surface area contributed by atoms with Crippen LogP contribution in [0.15, 0.2) is 29.2 Å². The lowest BCUT2D eigenvalue weighted by Crippen LogP contribution is -2.32. The second-order valence-corrected chi connectivity index (χ2v) is 11.1. The molecule has 0 unspecified atom stereocenters. The number of carbonyl (C=O) groups is 1. The van der Waals surface area contributed by atoms with E-state index >= 15 is 0 Å². The topological polar surface area (TPSA) is 92.3 Å². The van der Waals surface area contributed by atoms with E-state index in [4.69, 9.17) is 0 Å². The minimum absolute atomic E-state index is 0.208. The molecule has 7 nitrogen and oxygen atoms in total. The van der Waals surface area contributed by atoms with Crippen LogP contribution >= 0.6 is 11.3 Å². The zero-order chi connectivity index (χ0) is 22.9. The van der Waals surface area contributed by atoms with Crippen LogP contribution in [0, 0.1) is 13.8 Å². The van der Waals surface area contributed by atoms with E-state index in [-0.39, 0.29) is 10.8 Å². The third-order valence-electron chi connectivity index (χ3n) is 5.83. The van der Waals surface area contributed by atoms with Crippen molar-refractivity contribution in [1.82, 2.24) is 14.3 Å². The Morgan fingerprint density at radius 1 is 1.12 bits per heavy atom. The molecule has 0 radical (unpaired) electrons. The van der Waals surface area contributed by atoms with E-state index < -0.39 is 10.0 Å². The summed E-state index contributed by atoms with van der Waals surface area (Å²) in [4.78, 5) is 23.7. The average molecular weight is 473 g/mol. The Labute approximate surface area is 192 Å². The zero-order valence-electron chi connectivity index (χ0n) is 18.6. The van der Waals surface area contributed by atoms with Crippen molar-refractivity contribution in [2.24, 2.45) is 0 Å². The fourth-order valence-electron chi connectivity index (χ4n) is 4.12. The van der Waals surface area contributed by atoms with E-state index in [9.17, 15) is 13.2 Å². The molecule has 1 aromatic carbocycles. The summed E-state index contributed by atoms with van der Waals surface area (Å²) in [5, 5.41) is 3.79. The van der Waals surface area contributed by atoms with E-state index in [0.717, 1.165) is 59.4 Å². The fraction of sp³-hybridized carbons (Fsp3) is 0.435. The Bertz CT molecular complexity index is 1260. The molecule has 1 amide bonds. The van der Waals surface area contributed by atoms with Gasteiger partial charge in [-0.2, -0.15) is 4.31 Å². The second-order valence-electron chi connectivity index (χ2n) is 8.12. The fourth-order valence-corrected chi connectivity index (χ4v) is 6.83. The van der Waals surface area contributed by atoms with E-state index in [1.165, 1.54) is 11.3 Å². The van der Waals surface area contributed by atoms with E-state index in [1.54, 1.807) is 28.6 Å². The van der Waals surface area contributed by atoms with Crippen LogP contribution in [0.3, 0.4) is 0 Å². The van der Waals surface area contributed by atoms with Crippen LogP contribution < -0.4 is 5.32 Å². The number of amides is 1. The molecule has 1 fully saturated rings. The van der Waals surface area contributed by atoms with Crippen molar-refractivity contribution in [3.05, 3.63) is 46.2 Å². The van der Waals surface area contributed by atoms with Gasteiger partial charge in [0, 0.05) is 36.3 Å². The molecule has 4 rings (SSSR count). The highest BCUT2D eigenvalue weighted by Gasteiger charge is 2.26. The van der Waals surface area contributed by atoms with Crippen LogP contribution in [-0.4, -0.2) is 41.7 Å². The predicted octanol–water partition coefficient (Wildman–Crippen LogP) is 4.69. The lowest BCUT2D eigenvalue weighted by Gasteiger charge is -2.20. The quantitative estimate of drug-likeness (QED) is 0.582. The summed E-state index contributed by atoms with van der Waals surface area (Å²) in [6.45, 7) is 6.92. The molecule has 3 heterocycles. The van der Waals surface area contributed by atoms with Gasteiger partial charge < -0.3 is 5.32 Å². The first-order valence-electron chi connectivity index (χ1n) is 11.0. The van der Waals surface area contributed by atoms with Gasteiger partial charge in [0.25, 0.3) is 5.91 Å². The minimum Gasteiger partial charge on any atom is -0.321 e. The van der Waals surface area contributed by atoms with Crippen molar-refractivity contribution in [2.75, 3.05) is 18.4 Å². The summed E-state index contributed by atoms with van der Waals surface area (Å²) >= 11 is 1.34. The number of hydrogen-bond donors (Lipinski definition) is 1. The molecule has 32 heavy (non-hydrogen) atoms. The summed E-state index contributed by atoms with van der Waals surface area (Å²) in [6.07, 6.45) is 4.60. The van der Waals surface area contributed by atoms with E-state index in [0.29, 0.717) is 23.7 Å². The number of fused-ring (bicyclic) bond motifs is 1. The summed E-state index contributed by atoms with van der Waals surface area (Å²) in [7, 11) is -3.58. The van der Waals surface area contributed by atoms with Crippen molar-refractivity contribution < 1.29 is 13.2 Å². The van der Waals surface area contributed by atoms with Crippen LogP contribution in [0.4, 0.5) is 5.69 Å². The molecule has 9 heteroatoms. The Balaban J connectivity index is 1.61. The number of rotatable bonds is 5. The van der Waals surface area contributed by atoms with Gasteiger partial charge in [-0.05, 0) is 50.5 Å². The maximum Gasteiger partial charge on any atom is 0.266 e. The van der Waals surface area contributed by atoms with Crippen molar-refractivity contribution in [2.45, 2.75) is 57.8 Å². The largest absolute Gasteiger partial charge is 0.321 e. The average Bonchev–Trinajstić information content (AvgIpc) is 2.94. The highest BCUT2D eigenvalue weighted by Crippen LogP contribution is 2.32. The van der Waals surface area contributed by atoms with Gasteiger partial charge in [0.05, 0.1) is 9.77 Å². The standard InChI is InChI=1S/C23H28N4O3S2/c1-4-19-24-16(3)20-15(2)21(31-23(20)26-19)22(28)25-17-10-9-11-18(14-17)32(29,30)27-12-7-5-6-8-13-27/h9-11,14H,4-8,12-13H2,1-3H3,(H,25,28). The minimum atomic E-state index is -3.58. The number of hydrogen-bond acceptors (Lipinski definition) is 6. The first-order chi connectivity index (χ1) is 15.3. The third kappa shape index (κ3) is 4.42. The monoisotopic (exact) mass is 472 g/mol. The van der Waals surface area contributed by atoms with Gasteiger partial charge >= 0.3 is 0 Å². The van der Waals surface area contributed by atoms with Crippen molar-refractivity contribution in [1.29, 1.82) is 0 Å². The Kier molecular flexibility index (Phi) is 6.60. The molecule has 1 aliphatic rings. The molecule has 1 saturated heterocycles. The normalized spacial score (nSPS) is 15.6. The first kappa shape index (κ1) is 22.8. The summed E-state index contributed by atoms with van der Waals surface area (Å²) in [6, 6.07) is 6.51. The molecule has 0 atom stereocenters. The highest BCUT2D eigenvalue weighted by molar-refractivity contribution is 7.89. The molecule has 3 aromatic rings. The van der Waals surface area contributed by atoms with Gasteiger partial charge in [-0.15, -0.1) is 11.3 Å². The molecular weight excluding hydrogens is 444 g/mol. The van der Waals surface area contributed by atoms with Gasteiger partial charge in [0.1, 0.15) is 10.7 Å². The Morgan fingerprint density at radius 3 is 2.53 bits per heavy atom. The van der Waals surface area contributed by atoms with E-state index in [2.05, 4.69) is 15.3 Å². The molecule has 0 aliphatic carbocycles. The van der Waals surface area contributed by atoms with Gasteiger partial charge in [-0.3, -0.25) is 4.79 Å². The maximum atomic E-state index is 13.1. The first-order valence-corrected chi connectivity index (χ1v) is 13.2. The number of carbonyl (C=O) groups excluding carboxylic acids is 1. The number of aryl methyl sites for hydroxylation is 3. The van der Waals surface area contributed by atoms with Gasteiger partial charge in [0.2, 0.25) is 10.0 Å². The maximum absolute atomic E-state index is 13.1. The Hall–Kier alpha value is -2.36. The van der Waals surface area contributed by atoms with Crippen molar-refractivity contribution >= 4 is 43.2 Å². The third-order valence-corrected chi connectivity index (χ3v) is 8.91. The number of aromatic nitrogens is 2. The van der Waals surface area contributed by atoms with Gasteiger partial charge in [0.15, 0.2) is 0 Å². The Morgan fingerprint density at radius 2 is 1.84 bits per heavy atom. The molecule has 0 spiro atoms. The van der Waals surface area contributed by atoms with Gasteiger partial charge in [-0.1, -0.05) is 25.8 Å². The van der Waals surface area contributed by atoms with Crippen molar-refractivity contribution in [3.63, 3.8) is 0 Å². The van der Waals surface area contributed by atoms with Crippen LogP contribution in [0.5, 0.6) is 0 Å². The van der Waals surface area contributed by atoms with Crippen LogP contribution in [0.1, 0.15) is 59.4 Å². The molecule has 1 aliphatic heterocycles. The van der Waals surface area contributed by atoms with E-state index in [1.807, 2.05) is 20.8 Å². The van der Waals surface area contributed by atoms with Gasteiger partial charge in [-0.25, -0.2) is 18.4 Å². The molecule has 0 saturated carbocycles. The van der Waals surface area contributed by atoms with Crippen LogP contribution in [-0.2, 0) is 16.4 Å². The highest BCUT2D eigenvalue weighted by atomic mass is 32.2. The number of anilines is 1. The molecular formula is C23H28N4O3S2. The summed E-state index contributed by atoms with van der Waals surface area (Å²) < 4.78 is 27.8.